The molecule has 3 fully saturated rings. The standard InChI is InChI=1S/C18H30O3/c1-3-16-15-6-4-11-10-12(19)5-7-13(11)14(15)8-9-18(16,2)17(20)21/h11-16,19H,3-10H2,1-2H3,(H,20,21)/t11?,12?,13?,14?,15?,16-,18+/m0/s1. The predicted octanol–water partition coefficient (Wildman–Crippen LogP) is 3.70. The number of aliphatic hydroxyl groups is 1. The van der Waals surface area contributed by atoms with E-state index in [4.69, 9.17) is 0 Å². The van der Waals surface area contributed by atoms with Gasteiger partial charge >= 0.3 is 5.97 Å². The zero-order valence-electron chi connectivity index (χ0n) is 13.4. The summed E-state index contributed by atoms with van der Waals surface area (Å²) in [6, 6.07) is 0. The van der Waals surface area contributed by atoms with E-state index in [1.807, 2.05) is 6.92 Å². The summed E-state index contributed by atoms with van der Waals surface area (Å²) < 4.78 is 0. The lowest BCUT2D eigenvalue weighted by Gasteiger charge is -2.55. The molecule has 2 N–H and O–H groups in total. The third-order valence-corrected chi connectivity index (χ3v) is 7.24. The molecule has 0 amide bonds. The van der Waals surface area contributed by atoms with Crippen LogP contribution in [-0.2, 0) is 4.79 Å². The van der Waals surface area contributed by atoms with Crippen molar-refractivity contribution in [2.45, 2.75) is 71.3 Å². The number of rotatable bonds is 2. The van der Waals surface area contributed by atoms with Crippen LogP contribution in [0.4, 0.5) is 0 Å². The molecule has 3 rings (SSSR count). The fourth-order valence-electron chi connectivity index (χ4n) is 6.17. The molecule has 0 aromatic carbocycles. The summed E-state index contributed by atoms with van der Waals surface area (Å²) in [5.41, 5.74) is -0.517. The van der Waals surface area contributed by atoms with E-state index in [1.54, 1.807) is 0 Å². The number of aliphatic carboxylic acids is 1. The maximum Gasteiger partial charge on any atom is 0.309 e. The van der Waals surface area contributed by atoms with Crippen LogP contribution in [0.1, 0.15) is 65.2 Å². The SMILES string of the molecule is CC[C@H]1C2CCC3CC(O)CCC3C2CC[C@@]1(C)C(=O)O. The Hall–Kier alpha value is -0.570. The van der Waals surface area contributed by atoms with E-state index in [0.29, 0.717) is 23.7 Å². The van der Waals surface area contributed by atoms with Gasteiger partial charge in [0.25, 0.3) is 0 Å². The van der Waals surface area contributed by atoms with E-state index in [9.17, 15) is 15.0 Å². The lowest BCUT2D eigenvalue weighted by Crippen LogP contribution is -2.51. The van der Waals surface area contributed by atoms with Gasteiger partial charge in [0.05, 0.1) is 11.5 Å². The molecular formula is C18H30O3. The molecule has 3 nitrogen and oxygen atoms in total. The molecule has 0 aromatic heterocycles. The average Bonchev–Trinajstić information content (AvgIpc) is 2.46. The molecule has 0 aromatic rings. The monoisotopic (exact) mass is 294 g/mol. The largest absolute Gasteiger partial charge is 0.481 e. The Morgan fingerprint density at radius 2 is 1.81 bits per heavy atom. The van der Waals surface area contributed by atoms with E-state index in [2.05, 4.69) is 6.92 Å². The van der Waals surface area contributed by atoms with Crippen LogP contribution in [0.5, 0.6) is 0 Å². The number of carbonyl (C=O) groups is 1. The van der Waals surface area contributed by atoms with Crippen LogP contribution in [0.25, 0.3) is 0 Å². The molecular weight excluding hydrogens is 264 g/mol. The number of hydrogen-bond acceptors (Lipinski definition) is 2. The lowest BCUT2D eigenvalue weighted by atomic mass is 9.49. The molecule has 0 spiro atoms. The third-order valence-electron chi connectivity index (χ3n) is 7.24. The Morgan fingerprint density at radius 1 is 1.10 bits per heavy atom. The summed E-state index contributed by atoms with van der Waals surface area (Å²) in [5.74, 6) is 2.51. The zero-order valence-corrected chi connectivity index (χ0v) is 13.4. The lowest BCUT2D eigenvalue weighted by molar-refractivity contribution is -0.162. The molecule has 0 heterocycles. The first-order chi connectivity index (χ1) is 9.97. The highest BCUT2D eigenvalue weighted by Crippen LogP contribution is 2.58. The van der Waals surface area contributed by atoms with Gasteiger partial charge in [0.15, 0.2) is 0 Å². The highest BCUT2D eigenvalue weighted by Gasteiger charge is 2.54. The molecule has 3 aliphatic rings. The van der Waals surface area contributed by atoms with Gasteiger partial charge in [-0.1, -0.05) is 13.3 Å². The van der Waals surface area contributed by atoms with E-state index >= 15 is 0 Å². The van der Waals surface area contributed by atoms with Gasteiger partial charge < -0.3 is 10.2 Å². The van der Waals surface area contributed by atoms with Crippen molar-refractivity contribution in [2.75, 3.05) is 0 Å². The second kappa shape index (κ2) is 5.57. The molecule has 5 unspecified atom stereocenters. The molecule has 0 bridgehead atoms. The Labute approximate surface area is 128 Å². The Bertz CT molecular complexity index is 407. The summed E-state index contributed by atoms with van der Waals surface area (Å²) >= 11 is 0. The van der Waals surface area contributed by atoms with Crippen LogP contribution < -0.4 is 0 Å². The molecule has 21 heavy (non-hydrogen) atoms. The molecule has 0 aliphatic heterocycles. The van der Waals surface area contributed by atoms with Crippen molar-refractivity contribution < 1.29 is 15.0 Å². The summed E-state index contributed by atoms with van der Waals surface area (Å²) in [6.07, 6.45) is 8.32. The van der Waals surface area contributed by atoms with Crippen molar-refractivity contribution in [2.24, 2.45) is 35.0 Å². The van der Waals surface area contributed by atoms with Crippen LogP contribution in [0, 0.1) is 35.0 Å². The second-order valence-corrected chi connectivity index (χ2v) is 8.07. The third kappa shape index (κ3) is 2.42. The molecule has 3 aliphatic carbocycles. The Morgan fingerprint density at radius 3 is 2.48 bits per heavy atom. The molecule has 3 heteroatoms. The van der Waals surface area contributed by atoms with Crippen LogP contribution in [0.15, 0.2) is 0 Å². The molecule has 0 saturated heterocycles. The van der Waals surface area contributed by atoms with Crippen molar-refractivity contribution in [3.63, 3.8) is 0 Å². The van der Waals surface area contributed by atoms with E-state index in [1.165, 1.54) is 12.8 Å². The summed E-state index contributed by atoms with van der Waals surface area (Å²) in [4.78, 5) is 11.8. The summed E-state index contributed by atoms with van der Waals surface area (Å²) in [6.45, 7) is 4.15. The smallest absolute Gasteiger partial charge is 0.309 e. The minimum Gasteiger partial charge on any atom is -0.481 e. The zero-order chi connectivity index (χ0) is 15.2. The highest BCUT2D eigenvalue weighted by molar-refractivity contribution is 5.74. The summed E-state index contributed by atoms with van der Waals surface area (Å²) in [5, 5.41) is 19.6. The van der Waals surface area contributed by atoms with Gasteiger partial charge in [0.1, 0.15) is 0 Å². The van der Waals surface area contributed by atoms with Crippen LogP contribution in [0.2, 0.25) is 0 Å². The van der Waals surface area contributed by atoms with Gasteiger partial charge in [-0.25, -0.2) is 0 Å². The van der Waals surface area contributed by atoms with Crippen molar-refractivity contribution >= 4 is 5.97 Å². The first-order valence-electron chi connectivity index (χ1n) is 8.88. The van der Waals surface area contributed by atoms with Gasteiger partial charge in [-0.15, -0.1) is 0 Å². The number of carboxylic acids is 1. The summed E-state index contributed by atoms with van der Waals surface area (Å²) in [7, 11) is 0. The number of fused-ring (bicyclic) bond motifs is 3. The molecule has 0 radical (unpaired) electrons. The van der Waals surface area contributed by atoms with E-state index in [0.717, 1.165) is 44.4 Å². The molecule has 7 atom stereocenters. The van der Waals surface area contributed by atoms with Crippen molar-refractivity contribution in [1.82, 2.24) is 0 Å². The quantitative estimate of drug-likeness (QED) is 0.816. The van der Waals surface area contributed by atoms with Crippen LogP contribution in [0.3, 0.4) is 0 Å². The van der Waals surface area contributed by atoms with Gasteiger partial charge in [0.2, 0.25) is 0 Å². The van der Waals surface area contributed by atoms with Gasteiger partial charge in [0, 0.05) is 0 Å². The van der Waals surface area contributed by atoms with Gasteiger partial charge in [-0.2, -0.15) is 0 Å². The molecule has 120 valence electrons. The first kappa shape index (κ1) is 15.3. The Balaban J connectivity index is 1.82. The maximum atomic E-state index is 11.8. The predicted molar refractivity (Wildman–Crippen MR) is 81.8 cm³/mol. The number of carboxylic acid groups (broad SMARTS) is 1. The molecule has 3 saturated carbocycles. The van der Waals surface area contributed by atoms with Gasteiger partial charge in [-0.05, 0) is 81.5 Å². The van der Waals surface area contributed by atoms with Crippen molar-refractivity contribution in [3.05, 3.63) is 0 Å². The Kier molecular flexibility index (Phi) is 4.06. The van der Waals surface area contributed by atoms with Crippen LogP contribution in [-0.4, -0.2) is 22.3 Å². The van der Waals surface area contributed by atoms with Gasteiger partial charge in [-0.3, -0.25) is 4.79 Å². The average molecular weight is 294 g/mol. The van der Waals surface area contributed by atoms with Crippen LogP contribution >= 0.6 is 0 Å². The fourth-order valence-corrected chi connectivity index (χ4v) is 6.17. The normalized spacial score (nSPS) is 50.0. The number of aliphatic hydroxyl groups excluding tert-OH is 1. The number of hydrogen-bond donors (Lipinski definition) is 2. The fraction of sp³-hybridized carbons (Fsp3) is 0.944. The highest BCUT2D eigenvalue weighted by atomic mass is 16.4. The van der Waals surface area contributed by atoms with E-state index in [-0.39, 0.29) is 6.10 Å². The minimum atomic E-state index is -0.589. The minimum absolute atomic E-state index is 0.0855. The first-order valence-corrected chi connectivity index (χ1v) is 8.88. The van der Waals surface area contributed by atoms with Crippen molar-refractivity contribution in [3.8, 4) is 0 Å². The maximum absolute atomic E-state index is 11.8. The topological polar surface area (TPSA) is 57.5 Å². The van der Waals surface area contributed by atoms with E-state index < -0.39 is 11.4 Å². The second-order valence-electron chi connectivity index (χ2n) is 8.07. The van der Waals surface area contributed by atoms with Crippen molar-refractivity contribution in [1.29, 1.82) is 0 Å².